The van der Waals surface area contributed by atoms with Crippen molar-refractivity contribution in [2.45, 2.75) is 0 Å². The Balaban J connectivity index is 1.52. The Morgan fingerprint density at radius 1 is 0.319 bits per heavy atom. The van der Waals surface area contributed by atoms with Crippen LogP contribution in [0.1, 0.15) is 0 Å². The molecule has 0 unspecified atom stereocenters. The summed E-state index contributed by atoms with van der Waals surface area (Å²) in [5, 5.41) is 7.82. The third-order valence-electron chi connectivity index (χ3n) is 10.1. The second-order valence-electron chi connectivity index (χ2n) is 12.5. The van der Waals surface area contributed by atoms with Crippen molar-refractivity contribution in [1.29, 1.82) is 0 Å². The minimum Gasteiger partial charge on any atom is -0.343 e. The van der Waals surface area contributed by atoms with Gasteiger partial charge in [-0.3, -0.25) is 0 Å². The van der Waals surface area contributed by atoms with E-state index in [0.717, 1.165) is 0 Å². The van der Waals surface area contributed by atoms with Gasteiger partial charge in [-0.1, -0.05) is 146 Å². The van der Waals surface area contributed by atoms with Crippen LogP contribution in [0.3, 0.4) is 0 Å². The Labute approximate surface area is 275 Å². The fourth-order valence-electron chi connectivity index (χ4n) is 8.34. The molecular formula is C44H30N2Si. The summed E-state index contributed by atoms with van der Waals surface area (Å²) in [6.45, 7) is 0. The minimum absolute atomic E-state index is 1.19. The summed E-state index contributed by atoms with van der Waals surface area (Å²) in [5.41, 5.74) is 10.1. The lowest BCUT2D eigenvalue weighted by atomic mass is 9.90. The smallest absolute Gasteiger partial charge is 0.341 e. The van der Waals surface area contributed by atoms with Gasteiger partial charge in [-0.25, -0.2) is 0 Å². The van der Waals surface area contributed by atoms with Crippen LogP contribution in [0.2, 0.25) is 0 Å². The van der Waals surface area contributed by atoms with Crippen molar-refractivity contribution in [3.05, 3.63) is 182 Å². The van der Waals surface area contributed by atoms with Crippen molar-refractivity contribution in [3.8, 4) is 22.3 Å². The molecule has 220 valence electrons. The predicted molar refractivity (Wildman–Crippen MR) is 201 cm³/mol. The van der Waals surface area contributed by atoms with Gasteiger partial charge in [-0.15, -0.1) is 0 Å². The molecule has 8 aromatic rings. The molecule has 47 heavy (non-hydrogen) atoms. The molecule has 0 aliphatic carbocycles. The van der Waals surface area contributed by atoms with E-state index in [0.29, 0.717) is 0 Å². The number of para-hydroxylation sites is 2. The molecule has 0 bridgehead atoms. The van der Waals surface area contributed by atoms with E-state index in [1.807, 2.05) is 0 Å². The molecule has 0 N–H and O–H groups in total. The molecule has 0 fully saturated rings. The van der Waals surface area contributed by atoms with Gasteiger partial charge in [0.05, 0.1) is 0 Å². The molecule has 2 heterocycles. The number of anilines is 4. The molecule has 2 aliphatic rings. The van der Waals surface area contributed by atoms with Crippen molar-refractivity contribution in [2.75, 3.05) is 9.13 Å². The zero-order chi connectivity index (χ0) is 31.0. The van der Waals surface area contributed by atoms with Gasteiger partial charge in [0.25, 0.3) is 0 Å². The van der Waals surface area contributed by atoms with Crippen LogP contribution in [0.15, 0.2) is 182 Å². The first-order chi connectivity index (χ1) is 23.4. The molecule has 2 aliphatic heterocycles. The van der Waals surface area contributed by atoms with Crippen molar-refractivity contribution >= 4 is 63.1 Å². The molecule has 0 amide bonds. The normalized spacial score (nSPS) is 14.0. The van der Waals surface area contributed by atoms with Crippen LogP contribution in [-0.4, -0.2) is 8.40 Å². The summed E-state index contributed by atoms with van der Waals surface area (Å²) in [6, 6.07) is 67.8. The molecule has 10 rings (SSSR count). The monoisotopic (exact) mass is 614 g/mol. The number of nitrogens with zero attached hydrogens (tertiary/aromatic N) is 2. The number of hydrogen-bond donors (Lipinski definition) is 0. The first-order valence-corrected chi connectivity index (χ1v) is 18.2. The molecule has 2 nitrogen and oxygen atoms in total. The second-order valence-corrected chi connectivity index (χ2v) is 15.8. The summed E-state index contributed by atoms with van der Waals surface area (Å²) in [7, 11) is -3.16. The lowest BCUT2D eigenvalue weighted by molar-refractivity contribution is 1.28. The fraction of sp³-hybridized carbons (Fsp3) is 0. The lowest BCUT2D eigenvalue weighted by Crippen LogP contribution is -2.76. The van der Waals surface area contributed by atoms with E-state index in [-0.39, 0.29) is 0 Å². The van der Waals surface area contributed by atoms with E-state index < -0.39 is 8.40 Å². The minimum atomic E-state index is -3.16. The molecule has 8 aromatic carbocycles. The quantitative estimate of drug-likeness (QED) is 0.179. The van der Waals surface area contributed by atoms with Crippen molar-refractivity contribution < 1.29 is 0 Å². The highest BCUT2D eigenvalue weighted by Crippen LogP contribution is 2.55. The maximum atomic E-state index is 2.77. The SMILES string of the molecule is c1ccc(N2c3ccc4ccccc4c3-c3c(ccc4ccccc34)N(c3ccccc3)[Si]23c2ccccc2-c2ccccc23)cc1. The zero-order valence-electron chi connectivity index (χ0n) is 25.7. The van der Waals surface area contributed by atoms with Gasteiger partial charge < -0.3 is 9.13 Å². The van der Waals surface area contributed by atoms with E-state index in [4.69, 9.17) is 0 Å². The van der Waals surface area contributed by atoms with E-state index >= 15 is 0 Å². The van der Waals surface area contributed by atoms with Gasteiger partial charge in [-0.05, 0) is 79.4 Å². The van der Waals surface area contributed by atoms with Gasteiger partial charge >= 0.3 is 8.40 Å². The maximum absolute atomic E-state index is 3.16. The zero-order valence-corrected chi connectivity index (χ0v) is 26.7. The number of hydrogen-bond acceptors (Lipinski definition) is 2. The van der Waals surface area contributed by atoms with Crippen LogP contribution in [0.25, 0.3) is 43.8 Å². The lowest BCUT2D eigenvalue weighted by Gasteiger charge is -2.48. The van der Waals surface area contributed by atoms with E-state index in [1.54, 1.807) is 0 Å². The molecule has 1 spiro atoms. The molecule has 3 heteroatoms. The average Bonchev–Trinajstić information content (AvgIpc) is 3.36. The van der Waals surface area contributed by atoms with Crippen LogP contribution < -0.4 is 19.5 Å². The van der Waals surface area contributed by atoms with E-state index in [2.05, 4.69) is 191 Å². The van der Waals surface area contributed by atoms with Gasteiger partial charge in [0.2, 0.25) is 0 Å². The number of rotatable bonds is 2. The topological polar surface area (TPSA) is 6.48 Å². The summed E-state index contributed by atoms with van der Waals surface area (Å²) in [6.07, 6.45) is 0. The average molecular weight is 615 g/mol. The van der Waals surface area contributed by atoms with Gasteiger partial charge in [0, 0.05) is 33.9 Å². The molecule has 0 aromatic heterocycles. The Hall–Kier alpha value is -5.90. The van der Waals surface area contributed by atoms with Crippen LogP contribution in [-0.2, 0) is 0 Å². The van der Waals surface area contributed by atoms with Crippen LogP contribution >= 0.6 is 0 Å². The highest BCUT2D eigenvalue weighted by molar-refractivity contribution is 7.11. The highest BCUT2D eigenvalue weighted by Gasteiger charge is 2.59. The molecule has 0 radical (unpaired) electrons. The summed E-state index contributed by atoms with van der Waals surface area (Å²) in [5.74, 6) is 0. The Morgan fingerprint density at radius 2 is 0.702 bits per heavy atom. The maximum Gasteiger partial charge on any atom is 0.341 e. The summed E-state index contributed by atoms with van der Waals surface area (Å²) < 4.78 is 5.53. The van der Waals surface area contributed by atoms with Crippen LogP contribution in [0.4, 0.5) is 22.7 Å². The van der Waals surface area contributed by atoms with Crippen LogP contribution in [0, 0.1) is 0 Å². The van der Waals surface area contributed by atoms with Crippen LogP contribution in [0.5, 0.6) is 0 Å². The molecule has 0 saturated carbocycles. The van der Waals surface area contributed by atoms with Crippen molar-refractivity contribution in [3.63, 3.8) is 0 Å². The number of fused-ring (bicyclic) bond motifs is 12. The Bertz CT molecular complexity index is 2310. The largest absolute Gasteiger partial charge is 0.343 e. The van der Waals surface area contributed by atoms with Gasteiger partial charge in [0.15, 0.2) is 0 Å². The summed E-state index contributed by atoms with van der Waals surface area (Å²) in [4.78, 5) is 0. The third kappa shape index (κ3) is 3.55. The van der Waals surface area contributed by atoms with Crippen molar-refractivity contribution in [1.82, 2.24) is 0 Å². The molecule has 0 atom stereocenters. The van der Waals surface area contributed by atoms with Gasteiger partial charge in [-0.2, -0.15) is 0 Å². The highest BCUT2D eigenvalue weighted by atomic mass is 28.3. The summed E-state index contributed by atoms with van der Waals surface area (Å²) >= 11 is 0. The molecule has 0 saturated heterocycles. The Morgan fingerprint density at radius 3 is 1.17 bits per heavy atom. The van der Waals surface area contributed by atoms with Crippen molar-refractivity contribution in [2.24, 2.45) is 0 Å². The third-order valence-corrected chi connectivity index (χ3v) is 14.8. The number of benzene rings is 8. The first kappa shape index (κ1) is 26.3. The first-order valence-electron chi connectivity index (χ1n) is 16.3. The Kier molecular flexibility index (Phi) is 5.63. The molecular weight excluding hydrogens is 585 g/mol. The second kappa shape index (κ2) is 10.0. The van der Waals surface area contributed by atoms with Gasteiger partial charge in [0.1, 0.15) is 0 Å². The van der Waals surface area contributed by atoms with E-state index in [1.165, 1.54) is 76.9 Å². The standard InChI is InChI=1S/C44H30N2Si/c1-3-17-33(18-4-1)45-39-29-27-31-15-7-9-21-35(31)43(39)44-36-22-10-8-16-32(36)28-30-40(44)46(34-19-5-2-6-20-34)47(45)41-25-13-11-23-37(41)38-24-12-14-26-42(38)47/h1-30H. The van der Waals surface area contributed by atoms with E-state index in [9.17, 15) is 0 Å². The predicted octanol–water partition coefficient (Wildman–Crippen LogP) is 10.2. The fourth-order valence-corrected chi connectivity index (χ4v) is 13.8.